The lowest BCUT2D eigenvalue weighted by molar-refractivity contribution is -0.113. The average molecular weight is 311 g/mol. The maximum atomic E-state index is 11.1. The van der Waals surface area contributed by atoms with Gasteiger partial charge in [0.05, 0.1) is 0 Å². The molecule has 20 heavy (non-hydrogen) atoms. The van der Waals surface area contributed by atoms with Gasteiger partial charge in [-0.1, -0.05) is 29.8 Å². The summed E-state index contributed by atoms with van der Waals surface area (Å²) in [5.74, 6) is -0.362. The third-order valence-electron chi connectivity index (χ3n) is 3.49. The molecule has 1 unspecified atom stereocenters. The predicted molar refractivity (Wildman–Crippen MR) is 85.9 cm³/mol. The molecule has 0 aliphatic carbocycles. The van der Waals surface area contributed by atoms with Crippen molar-refractivity contribution in [2.75, 3.05) is 19.3 Å². The van der Waals surface area contributed by atoms with Crippen molar-refractivity contribution in [1.29, 1.82) is 0 Å². The van der Waals surface area contributed by atoms with Crippen LogP contribution in [0.1, 0.15) is 12.0 Å². The summed E-state index contributed by atoms with van der Waals surface area (Å²) in [4.78, 5) is 13.5. The van der Waals surface area contributed by atoms with Crippen LogP contribution in [0.3, 0.4) is 0 Å². The molecule has 0 aromatic heterocycles. The number of amides is 1. The van der Waals surface area contributed by atoms with Crippen molar-refractivity contribution < 1.29 is 4.79 Å². The lowest BCUT2D eigenvalue weighted by Crippen LogP contribution is -2.37. The number of benzene rings is 1. The fraction of sp³-hybridized carbons (Fsp3) is 0.400. The Kier molecular flexibility index (Phi) is 5.52. The van der Waals surface area contributed by atoms with E-state index in [9.17, 15) is 4.79 Å². The van der Waals surface area contributed by atoms with Crippen molar-refractivity contribution in [3.8, 4) is 0 Å². The van der Waals surface area contributed by atoms with Crippen molar-refractivity contribution in [2.24, 2.45) is 5.73 Å². The number of halogens is 1. The van der Waals surface area contributed by atoms with Gasteiger partial charge in [0.2, 0.25) is 5.91 Å². The normalized spacial score (nSPS) is 22.1. The fourth-order valence-corrected chi connectivity index (χ4v) is 3.50. The highest BCUT2D eigenvalue weighted by Crippen LogP contribution is 2.28. The SMILES string of the molecule is CSC1CCN(Cc2ccccc2Cl)C/C1=C/C(N)=O. The van der Waals surface area contributed by atoms with E-state index in [4.69, 9.17) is 17.3 Å². The lowest BCUT2D eigenvalue weighted by Gasteiger charge is -2.33. The number of nitrogens with two attached hydrogens (primary N) is 1. The standard InChI is InChI=1S/C15H19ClN2OS/c1-20-14-6-7-18(10-12(14)8-15(17)19)9-11-4-2-3-5-13(11)16/h2-5,8,14H,6-7,9-10H2,1H3,(H2,17,19)/b12-8-. The summed E-state index contributed by atoms with van der Waals surface area (Å²) in [6.07, 6.45) is 4.69. The molecular formula is C15H19ClN2OS. The van der Waals surface area contributed by atoms with Crippen LogP contribution < -0.4 is 5.73 Å². The van der Waals surface area contributed by atoms with Gasteiger partial charge < -0.3 is 5.73 Å². The highest BCUT2D eigenvalue weighted by Gasteiger charge is 2.24. The average Bonchev–Trinajstić information content (AvgIpc) is 2.41. The van der Waals surface area contributed by atoms with Gasteiger partial charge in [0.1, 0.15) is 0 Å². The van der Waals surface area contributed by atoms with Crippen molar-refractivity contribution >= 4 is 29.3 Å². The van der Waals surface area contributed by atoms with E-state index in [2.05, 4.69) is 11.2 Å². The van der Waals surface area contributed by atoms with Gasteiger partial charge in [-0.25, -0.2) is 0 Å². The van der Waals surface area contributed by atoms with Crippen LogP contribution in [0.15, 0.2) is 35.9 Å². The summed E-state index contributed by atoms with van der Waals surface area (Å²) in [7, 11) is 0. The van der Waals surface area contributed by atoms with Crippen molar-refractivity contribution in [2.45, 2.75) is 18.2 Å². The van der Waals surface area contributed by atoms with Gasteiger partial charge in [-0.05, 0) is 29.9 Å². The quantitative estimate of drug-likeness (QED) is 0.870. The zero-order valence-corrected chi connectivity index (χ0v) is 13.1. The van der Waals surface area contributed by atoms with Crippen LogP contribution in [0.5, 0.6) is 0 Å². The molecule has 2 rings (SSSR count). The van der Waals surface area contributed by atoms with Gasteiger partial charge in [0.15, 0.2) is 0 Å². The first-order chi connectivity index (χ1) is 9.60. The number of hydrogen-bond acceptors (Lipinski definition) is 3. The molecule has 1 aromatic carbocycles. The molecule has 1 saturated heterocycles. The minimum Gasteiger partial charge on any atom is -0.366 e. The molecule has 1 aliphatic heterocycles. The molecule has 1 aliphatic rings. The van der Waals surface area contributed by atoms with E-state index >= 15 is 0 Å². The minimum absolute atomic E-state index is 0.362. The van der Waals surface area contributed by atoms with Crippen LogP contribution in [0.2, 0.25) is 5.02 Å². The number of likely N-dealkylation sites (tertiary alicyclic amines) is 1. The summed E-state index contributed by atoms with van der Waals surface area (Å²) in [5.41, 5.74) is 7.53. The molecule has 5 heteroatoms. The third kappa shape index (κ3) is 4.01. The van der Waals surface area contributed by atoms with E-state index in [-0.39, 0.29) is 5.91 Å². The van der Waals surface area contributed by atoms with E-state index in [1.807, 2.05) is 24.3 Å². The van der Waals surface area contributed by atoms with Crippen molar-refractivity contribution in [1.82, 2.24) is 4.90 Å². The second-order valence-corrected chi connectivity index (χ2v) is 6.38. The molecule has 1 fully saturated rings. The van der Waals surface area contributed by atoms with Gasteiger partial charge >= 0.3 is 0 Å². The van der Waals surface area contributed by atoms with Crippen LogP contribution >= 0.6 is 23.4 Å². The van der Waals surface area contributed by atoms with Crippen LogP contribution in [0.4, 0.5) is 0 Å². The summed E-state index contributed by atoms with van der Waals surface area (Å²) in [6, 6.07) is 7.88. The largest absolute Gasteiger partial charge is 0.366 e. The van der Waals surface area contributed by atoms with E-state index < -0.39 is 0 Å². The molecule has 1 amide bonds. The van der Waals surface area contributed by atoms with E-state index in [0.29, 0.717) is 5.25 Å². The van der Waals surface area contributed by atoms with Gasteiger partial charge in [-0.3, -0.25) is 9.69 Å². The molecule has 0 spiro atoms. The summed E-state index contributed by atoms with van der Waals surface area (Å²) < 4.78 is 0. The Bertz CT molecular complexity index is 518. The number of carbonyl (C=O) groups excluding carboxylic acids is 1. The Morgan fingerprint density at radius 1 is 1.55 bits per heavy atom. The maximum Gasteiger partial charge on any atom is 0.241 e. The number of primary amides is 1. The van der Waals surface area contributed by atoms with Gasteiger partial charge in [-0.15, -0.1) is 0 Å². The molecular weight excluding hydrogens is 292 g/mol. The Morgan fingerprint density at radius 2 is 2.30 bits per heavy atom. The molecule has 3 nitrogen and oxygen atoms in total. The van der Waals surface area contributed by atoms with Crippen LogP contribution in [0, 0.1) is 0 Å². The highest BCUT2D eigenvalue weighted by molar-refractivity contribution is 7.99. The Balaban J connectivity index is 2.08. The first-order valence-corrected chi connectivity index (χ1v) is 8.25. The Hall–Kier alpha value is -0.970. The minimum atomic E-state index is -0.362. The summed E-state index contributed by atoms with van der Waals surface area (Å²) in [6.45, 7) is 2.59. The van der Waals surface area contributed by atoms with Crippen molar-refractivity contribution in [3.05, 3.63) is 46.5 Å². The Labute approximate surface area is 129 Å². The monoisotopic (exact) mass is 310 g/mol. The number of nitrogens with zero attached hydrogens (tertiary/aromatic N) is 1. The first kappa shape index (κ1) is 15.4. The summed E-state index contributed by atoms with van der Waals surface area (Å²) >= 11 is 7.98. The van der Waals surface area contributed by atoms with E-state index in [1.165, 1.54) is 0 Å². The van der Waals surface area contributed by atoms with Crippen LogP contribution in [-0.2, 0) is 11.3 Å². The zero-order valence-electron chi connectivity index (χ0n) is 11.5. The zero-order chi connectivity index (χ0) is 14.5. The van der Waals surface area contributed by atoms with E-state index in [0.717, 1.165) is 42.2 Å². The lowest BCUT2D eigenvalue weighted by atomic mass is 10.0. The molecule has 1 aromatic rings. The number of hydrogen-bond donors (Lipinski definition) is 1. The fourth-order valence-electron chi connectivity index (χ4n) is 2.52. The van der Waals surface area contributed by atoms with Gasteiger partial charge in [-0.2, -0.15) is 11.8 Å². The summed E-state index contributed by atoms with van der Waals surface area (Å²) in [5, 5.41) is 1.19. The topological polar surface area (TPSA) is 46.3 Å². The molecule has 0 saturated carbocycles. The Morgan fingerprint density at radius 3 is 2.95 bits per heavy atom. The number of piperidine rings is 1. The molecule has 1 heterocycles. The van der Waals surface area contributed by atoms with Gasteiger partial charge in [0.25, 0.3) is 0 Å². The van der Waals surface area contributed by atoms with E-state index in [1.54, 1.807) is 17.8 Å². The third-order valence-corrected chi connectivity index (χ3v) is 4.97. The predicted octanol–water partition coefficient (Wildman–Crippen LogP) is 2.69. The second-order valence-electron chi connectivity index (χ2n) is 4.94. The smallest absolute Gasteiger partial charge is 0.241 e. The molecule has 0 radical (unpaired) electrons. The highest BCUT2D eigenvalue weighted by atomic mass is 35.5. The number of rotatable bonds is 4. The molecule has 0 bridgehead atoms. The first-order valence-electron chi connectivity index (χ1n) is 6.58. The molecule has 108 valence electrons. The van der Waals surface area contributed by atoms with Crippen LogP contribution in [-0.4, -0.2) is 35.4 Å². The number of thioether (sulfide) groups is 1. The number of carbonyl (C=O) groups is 1. The molecule has 1 atom stereocenters. The maximum absolute atomic E-state index is 11.1. The second kappa shape index (κ2) is 7.16. The van der Waals surface area contributed by atoms with Crippen LogP contribution in [0.25, 0.3) is 0 Å². The van der Waals surface area contributed by atoms with Gasteiger partial charge in [0, 0.05) is 36.0 Å². The molecule has 2 N–H and O–H groups in total. The van der Waals surface area contributed by atoms with Crippen molar-refractivity contribution in [3.63, 3.8) is 0 Å².